The summed E-state index contributed by atoms with van der Waals surface area (Å²) in [6.07, 6.45) is -0.901. The molecule has 0 saturated carbocycles. The Bertz CT molecular complexity index is 615. The summed E-state index contributed by atoms with van der Waals surface area (Å²) in [7, 11) is 0. The monoisotopic (exact) mass is 294 g/mol. The summed E-state index contributed by atoms with van der Waals surface area (Å²) in [6, 6.07) is 2.77. The molecule has 0 radical (unpaired) electrons. The first-order valence-corrected chi connectivity index (χ1v) is 6.28. The second-order valence-electron chi connectivity index (χ2n) is 4.96. The van der Waals surface area contributed by atoms with Crippen LogP contribution in [0.25, 0.3) is 0 Å². The van der Waals surface area contributed by atoms with Crippen LogP contribution in [-0.4, -0.2) is 50.6 Å². The van der Waals surface area contributed by atoms with E-state index in [1.54, 1.807) is 0 Å². The van der Waals surface area contributed by atoms with Crippen molar-refractivity contribution in [1.82, 2.24) is 4.90 Å². The van der Waals surface area contributed by atoms with Gasteiger partial charge in [0.05, 0.1) is 11.0 Å². The van der Waals surface area contributed by atoms with Gasteiger partial charge in [-0.15, -0.1) is 0 Å². The van der Waals surface area contributed by atoms with Crippen molar-refractivity contribution < 1.29 is 24.7 Å². The highest BCUT2D eigenvalue weighted by Gasteiger charge is 2.39. The van der Waals surface area contributed by atoms with Gasteiger partial charge in [0.2, 0.25) is 0 Å². The predicted octanol–water partition coefficient (Wildman–Crippen LogP) is 0.563. The number of aryl methyl sites for hydroxylation is 1. The summed E-state index contributed by atoms with van der Waals surface area (Å²) >= 11 is 0. The van der Waals surface area contributed by atoms with E-state index >= 15 is 0 Å². The van der Waals surface area contributed by atoms with E-state index in [4.69, 9.17) is 5.11 Å². The number of carbonyl (C=O) groups excluding carboxylic acids is 1. The zero-order valence-corrected chi connectivity index (χ0v) is 11.2. The number of aliphatic hydroxyl groups excluding tert-OH is 1. The lowest BCUT2D eigenvalue weighted by Crippen LogP contribution is -2.40. The first-order valence-electron chi connectivity index (χ1n) is 6.28. The summed E-state index contributed by atoms with van der Waals surface area (Å²) in [4.78, 5) is 34.7. The Morgan fingerprint density at radius 3 is 2.62 bits per heavy atom. The minimum atomic E-state index is -1.18. The number of hydrogen-bond acceptors (Lipinski definition) is 5. The summed E-state index contributed by atoms with van der Waals surface area (Å²) in [6.45, 7) is 1.44. The molecule has 0 bridgehead atoms. The van der Waals surface area contributed by atoms with E-state index in [2.05, 4.69) is 0 Å². The number of carboxylic acids is 1. The quantitative estimate of drug-likeness (QED) is 0.620. The van der Waals surface area contributed by atoms with Gasteiger partial charge in [-0.3, -0.25) is 14.9 Å². The third-order valence-corrected chi connectivity index (χ3v) is 3.47. The Balaban J connectivity index is 2.29. The fraction of sp³-hybridized carbons (Fsp3) is 0.385. The number of likely N-dealkylation sites (tertiary alicyclic amines) is 1. The number of hydrogen-bond donors (Lipinski definition) is 2. The second kappa shape index (κ2) is 5.49. The van der Waals surface area contributed by atoms with Gasteiger partial charge in [0.25, 0.3) is 11.6 Å². The van der Waals surface area contributed by atoms with Gasteiger partial charge in [-0.1, -0.05) is 0 Å². The molecule has 2 N–H and O–H groups in total. The van der Waals surface area contributed by atoms with Crippen LogP contribution in [0.4, 0.5) is 5.69 Å². The number of nitro groups is 1. The largest absolute Gasteiger partial charge is 0.480 e. The normalized spacial score (nSPS) is 21.3. The number of aliphatic hydroxyl groups is 1. The molecule has 1 aromatic carbocycles. The predicted molar refractivity (Wildman–Crippen MR) is 70.9 cm³/mol. The van der Waals surface area contributed by atoms with Crippen LogP contribution in [0.5, 0.6) is 0 Å². The molecule has 0 aromatic heterocycles. The smallest absolute Gasteiger partial charge is 0.326 e. The number of carbonyl (C=O) groups is 2. The number of β-amino-alcohol motifs (C(OH)–C–C–N with tert-alkyl or cyclic N) is 1. The molecule has 1 heterocycles. The Kier molecular flexibility index (Phi) is 3.90. The van der Waals surface area contributed by atoms with Crippen molar-refractivity contribution in [2.45, 2.75) is 25.5 Å². The third kappa shape index (κ3) is 2.84. The van der Waals surface area contributed by atoms with Gasteiger partial charge in [-0.25, -0.2) is 4.79 Å². The molecule has 1 aliphatic rings. The number of rotatable bonds is 3. The van der Waals surface area contributed by atoms with Gasteiger partial charge < -0.3 is 15.1 Å². The van der Waals surface area contributed by atoms with Crippen molar-refractivity contribution in [3.63, 3.8) is 0 Å². The van der Waals surface area contributed by atoms with Crippen LogP contribution in [0.2, 0.25) is 0 Å². The first-order chi connectivity index (χ1) is 9.81. The molecule has 0 spiro atoms. The number of nitro benzene ring substituents is 1. The van der Waals surface area contributed by atoms with E-state index in [1.807, 2.05) is 0 Å². The lowest BCUT2D eigenvalue weighted by Gasteiger charge is -2.21. The van der Waals surface area contributed by atoms with Crippen LogP contribution in [0, 0.1) is 17.0 Å². The molecule has 1 aliphatic heterocycles. The summed E-state index contributed by atoms with van der Waals surface area (Å²) in [5, 5.41) is 29.4. The van der Waals surface area contributed by atoms with Crippen molar-refractivity contribution in [2.24, 2.45) is 0 Å². The van der Waals surface area contributed by atoms with Crippen molar-refractivity contribution in [3.05, 3.63) is 39.4 Å². The minimum absolute atomic E-state index is 0.0208. The number of carboxylic acid groups (broad SMARTS) is 1. The Morgan fingerprint density at radius 2 is 2.10 bits per heavy atom. The number of benzene rings is 1. The van der Waals surface area contributed by atoms with E-state index in [-0.39, 0.29) is 24.2 Å². The fourth-order valence-electron chi connectivity index (χ4n) is 2.43. The summed E-state index contributed by atoms with van der Waals surface area (Å²) in [5.41, 5.74) is 0.374. The van der Waals surface area contributed by atoms with Gasteiger partial charge in [0.1, 0.15) is 6.04 Å². The van der Waals surface area contributed by atoms with Crippen molar-refractivity contribution in [1.29, 1.82) is 0 Å². The maximum atomic E-state index is 12.3. The average molecular weight is 294 g/mol. The standard InChI is InChI=1S/C13H14N2O6/c1-7-4-8(2-3-10(7)15(20)21)12(17)14-6-9(16)5-11(14)13(18)19/h2-4,9,11,16H,5-6H2,1H3,(H,18,19)/t9-,11-/m0/s1. The molecule has 1 aromatic rings. The van der Waals surface area contributed by atoms with Crippen LogP contribution < -0.4 is 0 Å². The molecule has 2 atom stereocenters. The minimum Gasteiger partial charge on any atom is -0.480 e. The molecule has 8 nitrogen and oxygen atoms in total. The van der Waals surface area contributed by atoms with Gasteiger partial charge in [-0.05, 0) is 19.1 Å². The summed E-state index contributed by atoms with van der Waals surface area (Å²) < 4.78 is 0. The molecule has 0 aliphatic carbocycles. The van der Waals surface area contributed by atoms with Crippen LogP contribution in [0.1, 0.15) is 22.3 Å². The van der Waals surface area contributed by atoms with Crippen LogP contribution in [0.3, 0.4) is 0 Å². The molecular weight excluding hydrogens is 280 g/mol. The van der Waals surface area contributed by atoms with Gasteiger partial charge in [0.15, 0.2) is 0 Å². The lowest BCUT2D eigenvalue weighted by atomic mass is 10.1. The third-order valence-electron chi connectivity index (χ3n) is 3.47. The molecule has 2 rings (SSSR count). The number of aliphatic carboxylic acids is 1. The average Bonchev–Trinajstić information content (AvgIpc) is 2.79. The molecule has 1 amide bonds. The molecule has 1 fully saturated rings. The highest BCUT2D eigenvalue weighted by Crippen LogP contribution is 2.24. The molecule has 21 heavy (non-hydrogen) atoms. The Hall–Kier alpha value is -2.48. The Morgan fingerprint density at radius 1 is 1.43 bits per heavy atom. The van der Waals surface area contributed by atoms with Crippen molar-refractivity contribution in [3.8, 4) is 0 Å². The maximum Gasteiger partial charge on any atom is 0.326 e. The molecule has 1 saturated heterocycles. The van der Waals surface area contributed by atoms with Crippen molar-refractivity contribution in [2.75, 3.05) is 6.54 Å². The molecule has 8 heteroatoms. The molecular formula is C13H14N2O6. The highest BCUT2D eigenvalue weighted by molar-refractivity contribution is 5.97. The Labute approximate surface area is 119 Å². The van der Waals surface area contributed by atoms with Crippen LogP contribution in [-0.2, 0) is 4.79 Å². The summed E-state index contributed by atoms with van der Waals surface area (Å²) in [5.74, 6) is -1.74. The van der Waals surface area contributed by atoms with Gasteiger partial charge in [-0.2, -0.15) is 0 Å². The van der Waals surface area contributed by atoms with Gasteiger partial charge in [0, 0.05) is 30.2 Å². The van der Waals surface area contributed by atoms with E-state index in [0.717, 1.165) is 4.90 Å². The molecule has 112 valence electrons. The van der Waals surface area contributed by atoms with E-state index in [0.29, 0.717) is 5.56 Å². The highest BCUT2D eigenvalue weighted by atomic mass is 16.6. The maximum absolute atomic E-state index is 12.3. The molecule has 0 unspecified atom stereocenters. The first kappa shape index (κ1) is 14.9. The number of amides is 1. The number of nitrogens with zero attached hydrogens (tertiary/aromatic N) is 2. The topological polar surface area (TPSA) is 121 Å². The van der Waals surface area contributed by atoms with Crippen molar-refractivity contribution >= 4 is 17.6 Å². The zero-order chi connectivity index (χ0) is 15.7. The lowest BCUT2D eigenvalue weighted by molar-refractivity contribution is -0.385. The van der Waals surface area contributed by atoms with E-state index in [1.165, 1.54) is 25.1 Å². The van der Waals surface area contributed by atoms with E-state index < -0.39 is 28.9 Å². The second-order valence-corrected chi connectivity index (χ2v) is 4.96. The van der Waals surface area contributed by atoms with Gasteiger partial charge >= 0.3 is 5.97 Å². The van der Waals surface area contributed by atoms with Crippen LogP contribution >= 0.6 is 0 Å². The SMILES string of the molecule is Cc1cc(C(=O)N2C[C@@H](O)C[C@H]2C(=O)O)ccc1[N+](=O)[O-]. The van der Waals surface area contributed by atoms with Crippen LogP contribution in [0.15, 0.2) is 18.2 Å². The van der Waals surface area contributed by atoms with E-state index in [9.17, 15) is 24.8 Å². The fourth-order valence-corrected chi connectivity index (χ4v) is 2.43. The zero-order valence-electron chi connectivity index (χ0n) is 11.2.